The van der Waals surface area contributed by atoms with Crippen molar-refractivity contribution in [2.75, 3.05) is 13.2 Å². The molecule has 0 amide bonds. The Balaban J connectivity index is 1.76. The Labute approximate surface area is 180 Å². The van der Waals surface area contributed by atoms with Crippen molar-refractivity contribution in [3.05, 3.63) is 75.3 Å². The van der Waals surface area contributed by atoms with Gasteiger partial charge in [-0.3, -0.25) is 4.79 Å². The van der Waals surface area contributed by atoms with Crippen LogP contribution in [0.4, 0.5) is 4.39 Å². The maximum atomic E-state index is 13.4. The Morgan fingerprint density at radius 1 is 1.13 bits per heavy atom. The minimum Gasteiger partial charge on any atom is -0.377 e. The molecule has 2 heterocycles. The van der Waals surface area contributed by atoms with E-state index in [0.29, 0.717) is 12.2 Å². The third kappa shape index (κ3) is 4.42. The van der Waals surface area contributed by atoms with Crippen molar-refractivity contribution in [3.8, 4) is 0 Å². The third-order valence-electron chi connectivity index (χ3n) is 5.75. The van der Waals surface area contributed by atoms with Crippen LogP contribution in [0, 0.1) is 19.7 Å². The van der Waals surface area contributed by atoms with Gasteiger partial charge in [0.25, 0.3) is 5.56 Å². The zero-order valence-electron chi connectivity index (χ0n) is 17.5. The number of sulfonamides is 1. The predicted molar refractivity (Wildman–Crippen MR) is 117 cm³/mol. The highest BCUT2D eigenvalue weighted by atomic mass is 32.2. The lowest BCUT2D eigenvalue weighted by Gasteiger charge is -2.25. The smallest absolute Gasteiger partial charge is 0.252 e. The Kier molecular flexibility index (Phi) is 5.96. The van der Waals surface area contributed by atoms with Crippen molar-refractivity contribution in [1.82, 2.24) is 9.29 Å². The van der Waals surface area contributed by atoms with Crippen LogP contribution in [0.2, 0.25) is 0 Å². The van der Waals surface area contributed by atoms with Gasteiger partial charge in [-0.1, -0.05) is 12.1 Å². The molecule has 164 valence electrons. The number of H-pyrrole nitrogens is 1. The molecule has 1 aromatic heterocycles. The van der Waals surface area contributed by atoms with Gasteiger partial charge in [-0.05, 0) is 68.1 Å². The second-order valence-electron chi connectivity index (χ2n) is 8.00. The number of aromatic nitrogens is 1. The molecular weight excluding hydrogens is 419 g/mol. The SMILES string of the molecule is Cc1ccc(C)c2[nH]c(=O)c(CN(C[C@@H]3CCCO3)S(=O)(=O)c3ccc(F)cc3)cc12. The molecule has 0 bridgehead atoms. The standard InChI is InChI=1S/C23H25FN2O4S/c1-15-5-6-16(2)22-21(15)12-17(23(27)25-22)13-26(14-19-4-3-11-30-19)31(28,29)20-9-7-18(24)8-10-20/h5-10,12,19H,3-4,11,13-14H2,1-2H3,(H,25,27)/t19-/m0/s1. The first-order chi connectivity index (χ1) is 14.8. The number of nitrogens with zero attached hydrogens (tertiary/aromatic N) is 1. The average molecular weight is 445 g/mol. The molecule has 4 rings (SSSR count). The van der Waals surface area contributed by atoms with Crippen LogP contribution >= 0.6 is 0 Å². The first-order valence-corrected chi connectivity index (χ1v) is 11.7. The highest BCUT2D eigenvalue weighted by Crippen LogP contribution is 2.24. The first-order valence-electron chi connectivity index (χ1n) is 10.2. The molecular formula is C23H25FN2O4S. The van der Waals surface area contributed by atoms with Crippen molar-refractivity contribution < 1.29 is 17.5 Å². The maximum Gasteiger partial charge on any atom is 0.252 e. The molecule has 2 aromatic carbocycles. The summed E-state index contributed by atoms with van der Waals surface area (Å²) in [6.07, 6.45) is 1.38. The molecule has 0 unspecified atom stereocenters. The normalized spacial score (nSPS) is 17.0. The highest BCUT2D eigenvalue weighted by Gasteiger charge is 2.30. The number of hydrogen-bond donors (Lipinski definition) is 1. The summed E-state index contributed by atoms with van der Waals surface area (Å²) in [5, 5.41) is 0.880. The molecule has 0 saturated carbocycles. The molecule has 0 spiro atoms. The molecule has 0 radical (unpaired) electrons. The van der Waals surface area contributed by atoms with Crippen molar-refractivity contribution in [1.29, 1.82) is 0 Å². The summed E-state index contributed by atoms with van der Waals surface area (Å²) >= 11 is 0. The molecule has 0 aliphatic carbocycles. The van der Waals surface area contributed by atoms with E-state index < -0.39 is 15.8 Å². The van der Waals surface area contributed by atoms with Crippen LogP contribution in [0.25, 0.3) is 10.9 Å². The number of aromatic amines is 1. The molecule has 1 N–H and O–H groups in total. The Bertz CT molecular complexity index is 1260. The van der Waals surface area contributed by atoms with Gasteiger partial charge in [0.15, 0.2) is 0 Å². The molecule has 1 aliphatic rings. The summed E-state index contributed by atoms with van der Waals surface area (Å²) in [4.78, 5) is 15.7. The van der Waals surface area contributed by atoms with Crippen LogP contribution < -0.4 is 5.56 Å². The Hall–Kier alpha value is -2.55. The van der Waals surface area contributed by atoms with Gasteiger partial charge in [-0.2, -0.15) is 4.31 Å². The first kappa shape index (κ1) is 21.7. The number of fused-ring (bicyclic) bond motifs is 1. The van der Waals surface area contributed by atoms with E-state index in [4.69, 9.17) is 4.74 Å². The number of benzene rings is 2. The summed E-state index contributed by atoms with van der Waals surface area (Å²) < 4.78 is 47.0. The van der Waals surface area contributed by atoms with Crippen LogP contribution in [-0.4, -0.2) is 37.0 Å². The lowest BCUT2D eigenvalue weighted by Crippen LogP contribution is -2.38. The summed E-state index contributed by atoms with van der Waals surface area (Å²) in [6, 6.07) is 10.4. The molecule has 1 fully saturated rings. The molecule has 3 aromatic rings. The molecule has 8 heteroatoms. The van der Waals surface area contributed by atoms with Crippen LogP contribution in [-0.2, 0) is 21.3 Å². The number of aryl methyl sites for hydroxylation is 2. The quantitative estimate of drug-likeness (QED) is 0.629. The number of ether oxygens (including phenoxy) is 1. The van der Waals surface area contributed by atoms with E-state index >= 15 is 0 Å². The van der Waals surface area contributed by atoms with Crippen molar-refractivity contribution in [3.63, 3.8) is 0 Å². The fourth-order valence-electron chi connectivity index (χ4n) is 3.94. The second-order valence-corrected chi connectivity index (χ2v) is 9.94. The zero-order chi connectivity index (χ0) is 22.2. The predicted octanol–water partition coefficient (Wildman–Crippen LogP) is 3.65. The molecule has 31 heavy (non-hydrogen) atoms. The fourth-order valence-corrected chi connectivity index (χ4v) is 5.39. The number of hydrogen-bond acceptors (Lipinski definition) is 4. The number of nitrogens with one attached hydrogen (secondary N) is 1. The highest BCUT2D eigenvalue weighted by molar-refractivity contribution is 7.89. The van der Waals surface area contributed by atoms with Gasteiger partial charge in [0.2, 0.25) is 10.0 Å². The minimum atomic E-state index is -3.96. The summed E-state index contributed by atoms with van der Waals surface area (Å²) in [5.74, 6) is -0.513. The van der Waals surface area contributed by atoms with E-state index in [1.807, 2.05) is 26.0 Å². The lowest BCUT2D eigenvalue weighted by molar-refractivity contribution is 0.0925. The van der Waals surface area contributed by atoms with E-state index in [2.05, 4.69) is 4.98 Å². The third-order valence-corrected chi connectivity index (χ3v) is 7.58. The molecule has 6 nitrogen and oxygen atoms in total. The topological polar surface area (TPSA) is 79.5 Å². The fraction of sp³-hybridized carbons (Fsp3) is 0.348. The van der Waals surface area contributed by atoms with E-state index in [1.54, 1.807) is 6.07 Å². The molecule has 1 atom stereocenters. The number of halogens is 1. The van der Waals surface area contributed by atoms with Crippen LogP contribution in [0.15, 0.2) is 52.2 Å². The average Bonchev–Trinajstić information content (AvgIpc) is 3.25. The van der Waals surface area contributed by atoms with Gasteiger partial charge in [-0.15, -0.1) is 0 Å². The zero-order valence-corrected chi connectivity index (χ0v) is 18.3. The largest absolute Gasteiger partial charge is 0.377 e. The molecule has 1 saturated heterocycles. The summed E-state index contributed by atoms with van der Waals surface area (Å²) in [6.45, 7) is 4.48. The van der Waals surface area contributed by atoms with E-state index in [9.17, 15) is 17.6 Å². The monoisotopic (exact) mass is 444 g/mol. The maximum absolute atomic E-state index is 13.4. The second kappa shape index (κ2) is 8.53. The Morgan fingerprint density at radius 2 is 1.84 bits per heavy atom. The van der Waals surface area contributed by atoms with E-state index in [0.717, 1.165) is 47.0 Å². The van der Waals surface area contributed by atoms with Crippen molar-refractivity contribution >= 4 is 20.9 Å². The van der Waals surface area contributed by atoms with Gasteiger partial charge < -0.3 is 9.72 Å². The van der Waals surface area contributed by atoms with Gasteiger partial charge >= 0.3 is 0 Å². The lowest BCUT2D eigenvalue weighted by atomic mass is 10.0. The van der Waals surface area contributed by atoms with Crippen LogP contribution in [0.3, 0.4) is 0 Å². The van der Waals surface area contributed by atoms with Gasteiger partial charge in [0, 0.05) is 30.6 Å². The van der Waals surface area contributed by atoms with Gasteiger partial charge in [0.1, 0.15) is 5.82 Å². The van der Waals surface area contributed by atoms with E-state index in [-0.39, 0.29) is 29.6 Å². The van der Waals surface area contributed by atoms with Crippen LogP contribution in [0.1, 0.15) is 29.5 Å². The minimum absolute atomic E-state index is 0.0175. The van der Waals surface area contributed by atoms with Crippen molar-refractivity contribution in [2.24, 2.45) is 0 Å². The molecule has 1 aliphatic heterocycles. The van der Waals surface area contributed by atoms with Gasteiger partial charge in [-0.25, -0.2) is 12.8 Å². The van der Waals surface area contributed by atoms with Gasteiger partial charge in [0.05, 0.1) is 16.5 Å². The number of pyridine rings is 1. The summed E-state index contributed by atoms with van der Waals surface area (Å²) in [5.41, 5.74) is 2.71. The Morgan fingerprint density at radius 3 is 2.52 bits per heavy atom. The van der Waals surface area contributed by atoms with E-state index in [1.165, 1.54) is 16.4 Å². The summed E-state index contributed by atoms with van der Waals surface area (Å²) in [7, 11) is -3.96. The number of rotatable bonds is 6. The van der Waals surface area contributed by atoms with Crippen LogP contribution in [0.5, 0.6) is 0 Å². The van der Waals surface area contributed by atoms with Crippen molar-refractivity contribution in [2.45, 2.75) is 44.2 Å².